The van der Waals surface area contributed by atoms with Crippen LogP contribution >= 0.6 is 0 Å². The Hall–Kier alpha value is -1.39. The molecule has 0 bridgehead atoms. The van der Waals surface area contributed by atoms with Gasteiger partial charge in [0.05, 0.1) is 12.1 Å². The Labute approximate surface area is 108 Å². The highest BCUT2D eigenvalue weighted by atomic mass is 16.2. The molecule has 5 heteroatoms. The van der Waals surface area contributed by atoms with E-state index < -0.39 is 6.03 Å². The highest BCUT2D eigenvalue weighted by molar-refractivity contribution is 6.03. The van der Waals surface area contributed by atoms with Gasteiger partial charge in [-0.2, -0.15) is 0 Å². The summed E-state index contributed by atoms with van der Waals surface area (Å²) >= 11 is 0. The van der Waals surface area contributed by atoms with Crippen molar-refractivity contribution in [2.75, 3.05) is 0 Å². The van der Waals surface area contributed by atoms with Crippen LogP contribution in [0.5, 0.6) is 0 Å². The zero-order valence-electron chi connectivity index (χ0n) is 12.0. The summed E-state index contributed by atoms with van der Waals surface area (Å²) in [4.78, 5) is 38.0. The quantitative estimate of drug-likeness (QED) is 0.719. The van der Waals surface area contributed by atoms with Gasteiger partial charge in [0.15, 0.2) is 0 Å². The van der Waals surface area contributed by atoms with Gasteiger partial charge in [0, 0.05) is 13.8 Å². The summed E-state index contributed by atoms with van der Waals surface area (Å²) in [7, 11) is 0. The molecule has 1 fully saturated rings. The van der Waals surface area contributed by atoms with Gasteiger partial charge >= 0.3 is 6.03 Å². The molecule has 5 nitrogen and oxygen atoms in total. The summed E-state index contributed by atoms with van der Waals surface area (Å²) < 4.78 is 0. The van der Waals surface area contributed by atoms with E-state index in [4.69, 9.17) is 0 Å². The van der Waals surface area contributed by atoms with Gasteiger partial charge in [-0.3, -0.25) is 19.4 Å². The van der Waals surface area contributed by atoms with E-state index in [1.807, 2.05) is 27.7 Å². The van der Waals surface area contributed by atoms with Gasteiger partial charge < -0.3 is 0 Å². The van der Waals surface area contributed by atoms with E-state index in [0.717, 1.165) is 0 Å². The van der Waals surface area contributed by atoms with Crippen LogP contribution in [0.2, 0.25) is 0 Å². The molecule has 0 aliphatic carbocycles. The first-order valence-corrected chi connectivity index (χ1v) is 6.26. The van der Waals surface area contributed by atoms with Crippen molar-refractivity contribution in [3.63, 3.8) is 0 Å². The van der Waals surface area contributed by atoms with Crippen LogP contribution in [0.1, 0.15) is 48.0 Å². The minimum Gasteiger partial charge on any atom is -0.275 e. The molecule has 0 aromatic heterocycles. The summed E-state index contributed by atoms with van der Waals surface area (Å²) in [6, 6.07) is -0.989. The first-order valence-electron chi connectivity index (χ1n) is 6.26. The predicted molar refractivity (Wildman–Crippen MR) is 67.8 cm³/mol. The Morgan fingerprint density at radius 1 is 1.11 bits per heavy atom. The first-order chi connectivity index (χ1) is 8.12. The number of amides is 4. The zero-order valence-corrected chi connectivity index (χ0v) is 12.0. The lowest BCUT2D eigenvalue weighted by Crippen LogP contribution is -2.48. The second kappa shape index (κ2) is 4.71. The minimum absolute atomic E-state index is 0.237. The molecule has 1 aliphatic rings. The maximum absolute atomic E-state index is 12.2. The number of rotatable bonds is 1. The smallest absolute Gasteiger partial charge is 0.275 e. The summed E-state index contributed by atoms with van der Waals surface area (Å²) in [5.41, 5.74) is -0.258. The molecule has 0 spiro atoms. The molecule has 4 amide bonds. The van der Waals surface area contributed by atoms with Gasteiger partial charge in [0.25, 0.3) is 0 Å². The standard InChI is InChI=1S/C13H22N2O3/c1-7-10-11(13(4,5)6)15(9(3)17)12(18)14(10)8(2)16/h10-11H,7H2,1-6H3. The van der Waals surface area contributed by atoms with Crippen LogP contribution in [-0.2, 0) is 9.59 Å². The zero-order chi connectivity index (χ0) is 14.2. The van der Waals surface area contributed by atoms with Crippen molar-refractivity contribution in [2.45, 2.75) is 60.0 Å². The number of carbonyl (C=O) groups is 3. The summed E-state index contributed by atoms with van der Waals surface area (Å²) in [5, 5.41) is 0. The fourth-order valence-electron chi connectivity index (χ4n) is 2.76. The molecule has 0 aromatic carbocycles. The van der Waals surface area contributed by atoms with E-state index in [-0.39, 0.29) is 29.3 Å². The number of hydrogen-bond acceptors (Lipinski definition) is 3. The van der Waals surface area contributed by atoms with Gasteiger partial charge in [-0.1, -0.05) is 27.7 Å². The normalized spacial score (nSPS) is 24.7. The second-order valence-corrected chi connectivity index (χ2v) is 5.85. The number of nitrogens with zero attached hydrogens (tertiary/aromatic N) is 2. The van der Waals surface area contributed by atoms with Crippen molar-refractivity contribution in [1.82, 2.24) is 9.80 Å². The third-order valence-corrected chi connectivity index (χ3v) is 3.37. The van der Waals surface area contributed by atoms with E-state index >= 15 is 0 Å². The van der Waals surface area contributed by atoms with Crippen molar-refractivity contribution < 1.29 is 14.4 Å². The summed E-state index contributed by atoms with van der Waals surface area (Å²) in [6.45, 7) is 10.6. The van der Waals surface area contributed by atoms with E-state index in [1.165, 1.54) is 23.6 Å². The van der Waals surface area contributed by atoms with Crippen molar-refractivity contribution in [3.05, 3.63) is 0 Å². The molecule has 0 radical (unpaired) electrons. The van der Waals surface area contributed by atoms with Crippen molar-refractivity contribution in [3.8, 4) is 0 Å². The van der Waals surface area contributed by atoms with Gasteiger partial charge in [0.2, 0.25) is 11.8 Å². The Balaban J connectivity index is 3.31. The lowest BCUT2D eigenvalue weighted by atomic mass is 9.81. The van der Waals surface area contributed by atoms with Crippen LogP contribution < -0.4 is 0 Å². The van der Waals surface area contributed by atoms with Crippen LogP contribution in [0, 0.1) is 5.41 Å². The second-order valence-electron chi connectivity index (χ2n) is 5.85. The molecule has 1 rings (SSSR count). The monoisotopic (exact) mass is 254 g/mol. The average Bonchev–Trinajstić information content (AvgIpc) is 2.50. The molecule has 2 unspecified atom stereocenters. The summed E-state index contributed by atoms with van der Waals surface area (Å²) in [5.74, 6) is -0.605. The average molecular weight is 254 g/mol. The van der Waals surface area contributed by atoms with Crippen LogP contribution in [0.4, 0.5) is 4.79 Å². The minimum atomic E-state index is -0.484. The third kappa shape index (κ3) is 2.26. The molecular weight excluding hydrogens is 232 g/mol. The molecule has 1 aliphatic heterocycles. The summed E-state index contributed by atoms with van der Waals surface area (Å²) in [6.07, 6.45) is 0.650. The maximum atomic E-state index is 12.2. The Kier molecular flexibility index (Phi) is 3.84. The molecule has 1 saturated heterocycles. The maximum Gasteiger partial charge on any atom is 0.334 e. The Bertz CT molecular complexity index is 384. The topological polar surface area (TPSA) is 57.7 Å². The molecular formula is C13H22N2O3. The number of carbonyl (C=O) groups excluding carboxylic acids is 3. The lowest BCUT2D eigenvalue weighted by Gasteiger charge is -2.35. The van der Waals surface area contributed by atoms with E-state index in [0.29, 0.717) is 6.42 Å². The van der Waals surface area contributed by atoms with Crippen LogP contribution in [-0.4, -0.2) is 39.7 Å². The Morgan fingerprint density at radius 2 is 1.56 bits per heavy atom. The fourth-order valence-corrected chi connectivity index (χ4v) is 2.76. The molecule has 0 saturated carbocycles. The number of imide groups is 2. The lowest BCUT2D eigenvalue weighted by molar-refractivity contribution is -0.129. The van der Waals surface area contributed by atoms with Crippen LogP contribution in [0.15, 0.2) is 0 Å². The van der Waals surface area contributed by atoms with Crippen molar-refractivity contribution in [2.24, 2.45) is 5.41 Å². The van der Waals surface area contributed by atoms with E-state index in [2.05, 4.69) is 0 Å². The molecule has 18 heavy (non-hydrogen) atoms. The van der Waals surface area contributed by atoms with Gasteiger partial charge in [-0.25, -0.2) is 4.79 Å². The van der Waals surface area contributed by atoms with Gasteiger partial charge in [-0.05, 0) is 11.8 Å². The van der Waals surface area contributed by atoms with Gasteiger partial charge in [0.1, 0.15) is 0 Å². The molecule has 2 atom stereocenters. The molecule has 0 aromatic rings. The predicted octanol–water partition coefficient (Wildman–Crippen LogP) is 2.01. The van der Waals surface area contributed by atoms with Crippen LogP contribution in [0.25, 0.3) is 0 Å². The highest BCUT2D eigenvalue weighted by Gasteiger charge is 2.52. The largest absolute Gasteiger partial charge is 0.334 e. The number of urea groups is 1. The SMILES string of the molecule is CCC1C(C(C)(C)C)N(C(C)=O)C(=O)N1C(C)=O. The highest BCUT2D eigenvalue weighted by Crippen LogP contribution is 2.36. The molecule has 1 heterocycles. The Morgan fingerprint density at radius 3 is 1.83 bits per heavy atom. The number of hydrogen-bond donors (Lipinski definition) is 0. The fraction of sp³-hybridized carbons (Fsp3) is 0.769. The molecule has 102 valence electrons. The molecule has 0 N–H and O–H groups in total. The van der Waals surface area contributed by atoms with E-state index in [9.17, 15) is 14.4 Å². The van der Waals surface area contributed by atoms with E-state index in [1.54, 1.807) is 0 Å². The first kappa shape index (κ1) is 14.7. The van der Waals surface area contributed by atoms with Crippen LogP contribution in [0.3, 0.4) is 0 Å². The third-order valence-electron chi connectivity index (χ3n) is 3.37. The van der Waals surface area contributed by atoms with Gasteiger partial charge in [-0.15, -0.1) is 0 Å². The van der Waals surface area contributed by atoms with Crippen molar-refractivity contribution in [1.29, 1.82) is 0 Å². The van der Waals surface area contributed by atoms with Crippen molar-refractivity contribution >= 4 is 17.8 Å².